The molecule has 0 aliphatic carbocycles. The number of carbonyl (C=O) groups is 1. The van der Waals surface area contributed by atoms with Crippen LogP contribution in [0.1, 0.15) is 10.4 Å². The summed E-state index contributed by atoms with van der Waals surface area (Å²) in [5.74, 6) is 0.658. The van der Waals surface area contributed by atoms with E-state index in [1.165, 1.54) is 0 Å². The summed E-state index contributed by atoms with van der Waals surface area (Å²) < 4.78 is 5.31. The van der Waals surface area contributed by atoms with Gasteiger partial charge in [0.1, 0.15) is 5.82 Å². The number of hydrogen-bond acceptors (Lipinski definition) is 4. The van der Waals surface area contributed by atoms with Gasteiger partial charge in [0.15, 0.2) is 0 Å². The topological polar surface area (TPSA) is 54.5 Å². The molecule has 1 aliphatic rings. The Labute approximate surface area is 133 Å². The molecule has 0 radical (unpaired) electrons. The number of morpholine rings is 1. The summed E-state index contributed by atoms with van der Waals surface area (Å²) in [7, 11) is 0. The van der Waals surface area contributed by atoms with Gasteiger partial charge in [0, 0.05) is 30.0 Å². The van der Waals surface area contributed by atoms with Crippen molar-refractivity contribution in [3.8, 4) is 0 Å². The van der Waals surface area contributed by atoms with Crippen LogP contribution in [0.4, 0.5) is 11.5 Å². The lowest BCUT2D eigenvalue weighted by Gasteiger charge is -2.27. The van der Waals surface area contributed by atoms with Crippen LogP contribution in [-0.2, 0) is 4.74 Å². The van der Waals surface area contributed by atoms with Gasteiger partial charge in [-0.2, -0.15) is 0 Å². The van der Waals surface area contributed by atoms with E-state index < -0.39 is 0 Å². The summed E-state index contributed by atoms with van der Waals surface area (Å²) in [5, 5.41) is 3.38. The monoisotopic (exact) mass is 317 g/mol. The highest BCUT2D eigenvalue weighted by atomic mass is 35.5. The molecule has 0 saturated carbocycles. The van der Waals surface area contributed by atoms with Gasteiger partial charge < -0.3 is 15.0 Å². The Kier molecular flexibility index (Phi) is 4.56. The van der Waals surface area contributed by atoms with Gasteiger partial charge in [-0.25, -0.2) is 4.98 Å². The fourth-order valence-electron chi connectivity index (χ4n) is 2.27. The first kappa shape index (κ1) is 14.8. The van der Waals surface area contributed by atoms with E-state index in [1.807, 2.05) is 6.07 Å². The molecule has 22 heavy (non-hydrogen) atoms. The number of hydrogen-bond donors (Lipinski definition) is 1. The molecule has 1 aromatic carbocycles. The van der Waals surface area contributed by atoms with Crippen molar-refractivity contribution in [2.75, 3.05) is 36.5 Å². The van der Waals surface area contributed by atoms with Gasteiger partial charge in [-0.1, -0.05) is 17.7 Å². The second-order valence-electron chi connectivity index (χ2n) is 4.97. The Hall–Kier alpha value is -2.11. The number of benzene rings is 1. The van der Waals surface area contributed by atoms with Gasteiger partial charge in [-0.15, -0.1) is 0 Å². The van der Waals surface area contributed by atoms with Gasteiger partial charge in [0.25, 0.3) is 5.91 Å². The maximum atomic E-state index is 12.2. The number of anilines is 2. The molecular weight excluding hydrogens is 302 g/mol. The Bertz CT molecular complexity index is 655. The smallest absolute Gasteiger partial charge is 0.257 e. The van der Waals surface area contributed by atoms with Crippen LogP contribution in [0.2, 0.25) is 5.02 Å². The molecule has 1 amide bonds. The fourth-order valence-corrected chi connectivity index (χ4v) is 2.46. The second kappa shape index (κ2) is 6.77. The van der Waals surface area contributed by atoms with Gasteiger partial charge in [0.2, 0.25) is 0 Å². The third kappa shape index (κ3) is 3.55. The minimum Gasteiger partial charge on any atom is -0.378 e. The Morgan fingerprint density at radius 2 is 2.05 bits per heavy atom. The van der Waals surface area contributed by atoms with E-state index in [1.54, 1.807) is 36.5 Å². The van der Waals surface area contributed by atoms with Crippen molar-refractivity contribution in [1.29, 1.82) is 0 Å². The number of nitrogens with zero attached hydrogens (tertiary/aromatic N) is 2. The highest BCUT2D eigenvalue weighted by molar-refractivity contribution is 6.30. The number of amides is 1. The Morgan fingerprint density at radius 1 is 1.23 bits per heavy atom. The van der Waals surface area contributed by atoms with Crippen LogP contribution in [-0.4, -0.2) is 37.2 Å². The molecule has 114 valence electrons. The molecule has 1 aromatic heterocycles. The molecule has 1 aliphatic heterocycles. The van der Waals surface area contributed by atoms with Crippen molar-refractivity contribution in [2.24, 2.45) is 0 Å². The zero-order valence-electron chi connectivity index (χ0n) is 12.0. The molecule has 6 heteroatoms. The summed E-state index contributed by atoms with van der Waals surface area (Å²) >= 11 is 5.90. The van der Waals surface area contributed by atoms with Crippen molar-refractivity contribution in [3.63, 3.8) is 0 Å². The molecule has 1 saturated heterocycles. The average molecular weight is 318 g/mol. The lowest BCUT2D eigenvalue weighted by atomic mass is 10.2. The number of ether oxygens (including phenoxy) is 1. The molecule has 2 aromatic rings. The van der Waals surface area contributed by atoms with E-state index in [0.717, 1.165) is 18.9 Å². The van der Waals surface area contributed by atoms with Gasteiger partial charge >= 0.3 is 0 Å². The largest absolute Gasteiger partial charge is 0.378 e. The highest BCUT2D eigenvalue weighted by Crippen LogP contribution is 2.17. The van der Waals surface area contributed by atoms with E-state index in [2.05, 4.69) is 15.2 Å². The summed E-state index contributed by atoms with van der Waals surface area (Å²) in [6, 6.07) is 10.7. The maximum absolute atomic E-state index is 12.2. The van der Waals surface area contributed by atoms with E-state index in [0.29, 0.717) is 29.5 Å². The van der Waals surface area contributed by atoms with Crippen molar-refractivity contribution in [2.45, 2.75) is 0 Å². The average Bonchev–Trinajstić information content (AvgIpc) is 2.56. The van der Waals surface area contributed by atoms with Crippen LogP contribution in [0.5, 0.6) is 0 Å². The van der Waals surface area contributed by atoms with Crippen LogP contribution in [0.15, 0.2) is 42.6 Å². The zero-order chi connectivity index (χ0) is 15.4. The minimum absolute atomic E-state index is 0.205. The van der Waals surface area contributed by atoms with Crippen molar-refractivity contribution >= 4 is 29.0 Å². The lowest BCUT2D eigenvalue weighted by Crippen LogP contribution is -2.36. The van der Waals surface area contributed by atoms with Gasteiger partial charge in [0.05, 0.1) is 18.8 Å². The molecule has 1 fully saturated rings. The van der Waals surface area contributed by atoms with Crippen LogP contribution < -0.4 is 10.2 Å². The van der Waals surface area contributed by atoms with Crippen molar-refractivity contribution in [1.82, 2.24) is 4.98 Å². The number of pyridine rings is 1. The van der Waals surface area contributed by atoms with E-state index in [4.69, 9.17) is 16.3 Å². The molecule has 3 rings (SSSR count). The zero-order valence-corrected chi connectivity index (χ0v) is 12.7. The standard InChI is InChI=1S/C16H16ClN3O2/c17-13-2-1-3-14(10-13)19-16(21)12-4-5-15(18-11-12)20-6-8-22-9-7-20/h1-5,10-11H,6-9H2,(H,19,21). The summed E-state index contributed by atoms with van der Waals surface area (Å²) in [5.41, 5.74) is 1.17. The minimum atomic E-state index is -0.205. The lowest BCUT2D eigenvalue weighted by molar-refractivity contribution is 0.102. The number of carbonyl (C=O) groups excluding carboxylic acids is 1. The third-order valence-electron chi connectivity index (χ3n) is 3.43. The first-order valence-electron chi connectivity index (χ1n) is 7.08. The van der Waals surface area contributed by atoms with E-state index >= 15 is 0 Å². The predicted molar refractivity (Wildman–Crippen MR) is 86.7 cm³/mol. The van der Waals surface area contributed by atoms with Crippen LogP contribution in [0.3, 0.4) is 0 Å². The molecule has 2 heterocycles. The first-order chi connectivity index (χ1) is 10.7. The Morgan fingerprint density at radius 3 is 2.73 bits per heavy atom. The fraction of sp³-hybridized carbons (Fsp3) is 0.250. The highest BCUT2D eigenvalue weighted by Gasteiger charge is 2.13. The van der Waals surface area contributed by atoms with Crippen LogP contribution in [0, 0.1) is 0 Å². The second-order valence-corrected chi connectivity index (χ2v) is 5.41. The van der Waals surface area contributed by atoms with Gasteiger partial charge in [-0.05, 0) is 30.3 Å². The predicted octanol–water partition coefficient (Wildman–Crippen LogP) is 2.82. The van der Waals surface area contributed by atoms with Crippen LogP contribution in [0.25, 0.3) is 0 Å². The SMILES string of the molecule is O=C(Nc1cccc(Cl)c1)c1ccc(N2CCOCC2)nc1. The normalized spacial score (nSPS) is 14.7. The molecular formula is C16H16ClN3O2. The number of aromatic nitrogens is 1. The Balaban J connectivity index is 1.68. The molecule has 0 spiro atoms. The van der Waals surface area contributed by atoms with Crippen molar-refractivity contribution in [3.05, 3.63) is 53.2 Å². The quantitative estimate of drug-likeness (QED) is 0.946. The first-order valence-corrected chi connectivity index (χ1v) is 7.46. The summed E-state index contributed by atoms with van der Waals surface area (Å²) in [4.78, 5) is 18.7. The number of rotatable bonds is 3. The summed E-state index contributed by atoms with van der Waals surface area (Å²) in [6.45, 7) is 3.06. The molecule has 5 nitrogen and oxygen atoms in total. The van der Waals surface area contributed by atoms with Crippen LogP contribution >= 0.6 is 11.6 Å². The molecule has 1 N–H and O–H groups in total. The van der Waals surface area contributed by atoms with Gasteiger partial charge in [-0.3, -0.25) is 4.79 Å². The molecule has 0 unspecified atom stereocenters. The number of halogens is 1. The van der Waals surface area contributed by atoms with E-state index in [9.17, 15) is 4.79 Å². The van der Waals surface area contributed by atoms with Crippen molar-refractivity contribution < 1.29 is 9.53 Å². The summed E-state index contributed by atoms with van der Waals surface area (Å²) in [6.07, 6.45) is 1.59. The van der Waals surface area contributed by atoms with E-state index in [-0.39, 0.29) is 5.91 Å². The molecule has 0 bridgehead atoms. The maximum Gasteiger partial charge on any atom is 0.257 e. The third-order valence-corrected chi connectivity index (χ3v) is 3.66. The molecule has 0 atom stereocenters. The number of nitrogens with one attached hydrogen (secondary N) is 1.